The lowest BCUT2D eigenvalue weighted by molar-refractivity contribution is -0.379. The second-order valence-corrected chi connectivity index (χ2v) is 1.56. The standard InChI is InChI=1S/C6H6N2O/c9-8-5-6-3-1-2-4-7-6/h1-5,9H/p+1. The third-order valence-electron chi connectivity index (χ3n) is 0.930. The molecule has 0 saturated carbocycles. The van der Waals surface area contributed by atoms with E-state index in [0.717, 1.165) is 5.69 Å². The summed E-state index contributed by atoms with van der Waals surface area (Å²) in [5.74, 6) is 0. The Labute approximate surface area is 52.7 Å². The zero-order valence-corrected chi connectivity index (χ0v) is 4.78. The van der Waals surface area contributed by atoms with E-state index < -0.39 is 0 Å². The molecule has 9 heavy (non-hydrogen) atoms. The van der Waals surface area contributed by atoms with Gasteiger partial charge < -0.3 is 5.21 Å². The molecule has 0 saturated heterocycles. The maximum atomic E-state index is 8.07. The quantitative estimate of drug-likeness (QED) is 0.326. The first-order valence-electron chi connectivity index (χ1n) is 2.57. The van der Waals surface area contributed by atoms with Crippen molar-refractivity contribution < 1.29 is 10.2 Å². The van der Waals surface area contributed by atoms with Crippen molar-refractivity contribution in [3.8, 4) is 0 Å². The van der Waals surface area contributed by atoms with Gasteiger partial charge in [0, 0.05) is 12.1 Å². The zero-order valence-electron chi connectivity index (χ0n) is 4.78. The second kappa shape index (κ2) is 2.81. The molecule has 3 heteroatoms. The summed E-state index contributed by atoms with van der Waals surface area (Å²) < 4.78 is 0. The van der Waals surface area contributed by atoms with E-state index in [1.165, 1.54) is 6.21 Å². The molecule has 2 N–H and O–H groups in total. The highest BCUT2D eigenvalue weighted by Gasteiger charge is 1.89. The first kappa shape index (κ1) is 5.75. The first-order chi connectivity index (χ1) is 4.43. The van der Waals surface area contributed by atoms with Gasteiger partial charge in [-0.15, -0.1) is 0 Å². The highest BCUT2D eigenvalue weighted by Crippen LogP contribution is 1.81. The van der Waals surface area contributed by atoms with Crippen LogP contribution in [0.3, 0.4) is 0 Å². The topological polar surface area (TPSA) is 46.7 Å². The third-order valence-corrected chi connectivity index (χ3v) is 0.930. The molecular formula is C6H7N2O+. The Balaban J connectivity index is 2.85. The van der Waals surface area contributed by atoms with Crippen LogP contribution in [-0.4, -0.2) is 11.4 Å². The highest BCUT2D eigenvalue weighted by atomic mass is 16.4. The molecule has 0 atom stereocenters. The van der Waals surface area contributed by atoms with Crippen molar-refractivity contribution in [1.29, 1.82) is 0 Å². The Bertz CT molecular complexity index is 195. The minimum absolute atomic E-state index is 0.778. The molecule has 0 aliphatic carbocycles. The molecule has 0 aromatic carbocycles. The minimum atomic E-state index is 0.778. The summed E-state index contributed by atoms with van der Waals surface area (Å²) in [5.41, 5.74) is 0.778. The number of H-pyrrole nitrogens is 1. The average Bonchev–Trinajstić information content (AvgIpc) is 1.91. The van der Waals surface area contributed by atoms with Crippen LogP contribution in [0, 0.1) is 0 Å². The minimum Gasteiger partial charge on any atom is -0.411 e. The van der Waals surface area contributed by atoms with Gasteiger partial charge in [-0.25, -0.2) is 4.98 Å². The SMILES string of the molecule is ON=Cc1cccc[nH+]1. The fraction of sp³-hybridized carbons (Fsp3) is 0. The van der Waals surface area contributed by atoms with Crippen LogP contribution in [0.15, 0.2) is 29.6 Å². The van der Waals surface area contributed by atoms with Crippen molar-refractivity contribution in [3.63, 3.8) is 0 Å². The molecule has 0 aliphatic heterocycles. The Morgan fingerprint density at radius 1 is 1.56 bits per heavy atom. The molecular weight excluding hydrogens is 116 g/mol. The molecule has 1 aromatic rings. The molecule has 46 valence electrons. The lowest BCUT2D eigenvalue weighted by atomic mass is 10.4. The molecule has 3 nitrogen and oxygen atoms in total. The number of pyridine rings is 1. The van der Waals surface area contributed by atoms with Crippen molar-refractivity contribution >= 4 is 6.21 Å². The average molecular weight is 123 g/mol. The van der Waals surface area contributed by atoms with Crippen LogP contribution in [0.2, 0.25) is 0 Å². The molecule has 0 radical (unpaired) electrons. The van der Waals surface area contributed by atoms with Gasteiger partial charge in [0.25, 0.3) is 0 Å². The van der Waals surface area contributed by atoms with Gasteiger partial charge in [-0.1, -0.05) is 5.16 Å². The van der Waals surface area contributed by atoms with E-state index in [-0.39, 0.29) is 0 Å². The monoisotopic (exact) mass is 123 g/mol. The van der Waals surface area contributed by atoms with E-state index in [1.807, 2.05) is 12.1 Å². The predicted octanol–water partition coefficient (Wildman–Crippen LogP) is 0.309. The Kier molecular flexibility index (Phi) is 1.80. The number of oxime groups is 1. The molecule has 0 spiro atoms. The molecule has 1 rings (SSSR count). The van der Waals surface area contributed by atoms with E-state index >= 15 is 0 Å². The largest absolute Gasteiger partial charge is 0.411 e. The van der Waals surface area contributed by atoms with Gasteiger partial charge in [0.2, 0.25) is 5.69 Å². The summed E-state index contributed by atoms with van der Waals surface area (Å²) >= 11 is 0. The third kappa shape index (κ3) is 1.53. The van der Waals surface area contributed by atoms with Crippen LogP contribution in [0.25, 0.3) is 0 Å². The molecule has 1 heterocycles. The number of aromatic amines is 1. The van der Waals surface area contributed by atoms with Crippen LogP contribution in [-0.2, 0) is 0 Å². The molecule has 0 unspecified atom stereocenters. The number of nitrogens with one attached hydrogen (secondary N) is 1. The predicted molar refractivity (Wildman–Crippen MR) is 32.4 cm³/mol. The summed E-state index contributed by atoms with van der Waals surface area (Å²) in [6.07, 6.45) is 3.09. The van der Waals surface area contributed by atoms with Crippen molar-refractivity contribution in [3.05, 3.63) is 30.1 Å². The summed E-state index contributed by atoms with van der Waals surface area (Å²) in [6, 6.07) is 5.52. The van der Waals surface area contributed by atoms with Crippen LogP contribution in [0.1, 0.15) is 5.69 Å². The van der Waals surface area contributed by atoms with Crippen molar-refractivity contribution in [1.82, 2.24) is 0 Å². The van der Waals surface area contributed by atoms with Gasteiger partial charge in [0.05, 0.1) is 0 Å². The van der Waals surface area contributed by atoms with Gasteiger partial charge in [-0.3, -0.25) is 0 Å². The van der Waals surface area contributed by atoms with Crippen LogP contribution in [0.4, 0.5) is 0 Å². The lowest BCUT2D eigenvalue weighted by Crippen LogP contribution is -2.07. The number of hydrogen-bond donors (Lipinski definition) is 1. The van der Waals surface area contributed by atoms with Gasteiger partial charge in [-0.2, -0.15) is 0 Å². The first-order valence-corrected chi connectivity index (χ1v) is 2.57. The summed E-state index contributed by atoms with van der Waals surface area (Å²) in [5, 5.41) is 10.9. The van der Waals surface area contributed by atoms with Crippen molar-refractivity contribution in [2.75, 3.05) is 0 Å². The van der Waals surface area contributed by atoms with Gasteiger partial charge in [-0.05, 0) is 6.07 Å². The zero-order chi connectivity index (χ0) is 6.53. The maximum Gasteiger partial charge on any atom is 0.225 e. The van der Waals surface area contributed by atoms with Crippen LogP contribution >= 0.6 is 0 Å². The fourth-order valence-electron chi connectivity index (χ4n) is 0.550. The normalized spacial score (nSPS) is 10.2. The summed E-state index contributed by atoms with van der Waals surface area (Å²) in [7, 11) is 0. The Hall–Kier alpha value is -1.38. The van der Waals surface area contributed by atoms with E-state index in [4.69, 9.17) is 5.21 Å². The summed E-state index contributed by atoms with van der Waals surface area (Å²) in [4.78, 5) is 2.86. The maximum absolute atomic E-state index is 8.07. The van der Waals surface area contributed by atoms with E-state index in [2.05, 4.69) is 10.1 Å². The second-order valence-electron chi connectivity index (χ2n) is 1.56. The van der Waals surface area contributed by atoms with E-state index in [0.29, 0.717) is 0 Å². The van der Waals surface area contributed by atoms with Crippen LogP contribution in [0.5, 0.6) is 0 Å². The molecule has 0 fully saturated rings. The smallest absolute Gasteiger partial charge is 0.225 e. The van der Waals surface area contributed by atoms with Gasteiger partial charge in [0.1, 0.15) is 6.21 Å². The van der Waals surface area contributed by atoms with Crippen LogP contribution < -0.4 is 4.98 Å². The highest BCUT2D eigenvalue weighted by molar-refractivity contribution is 5.73. The van der Waals surface area contributed by atoms with E-state index in [9.17, 15) is 0 Å². The molecule has 1 aromatic heterocycles. The number of rotatable bonds is 1. The van der Waals surface area contributed by atoms with Crippen molar-refractivity contribution in [2.45, 2.75) is 0 Å². The molecule has 0 bridgehead atoms. The Morgan fingerprint density at radius 3 is 3.00 bits per heavy atom. The van der Waals surface area contributed by atoms with Gasteiger partial charge in [0.15, 0.2) is 6.20 Å². The van der Waals surface area contributed by atoms with E-state index in [1.54, 1.807) is 12.3 Å². The number of aromatic nitrogens is 1. The fourth-order valence-corrected chi connectivity index (χ4v) is 0.550. The number of nitrogens with zero attached hydrogens (tertiary/aromatic N) is 1. The van der Waals surface area contributed by atoms with Gasteiger partial charge >= 0.3 is 0 Å². The van der Waals surface area contributed by atoms with Crippen molar-refractivity contribution in [2.24, 2.45) is 5.16 Å². The Morgan fingerprint density at radius 2 is 2.44 bits per heavy atom. The summed E-state index contributed by atoms with van der Waals surface area (Å²) in [6.45, 7) is 0. The number of hydrogen-bond acceptors (Lipinski definition) is 2. The molecule has 0 aliphatic rings. The molecule has 0 amide bonds. The lowest BCUT2D eigenvalue weighted by Gasteiger charge is -1.77.